The van der Waals surface area contributed by atoms with Crippen molar-refractivity contribution in [2.45, 2.75) is 84.7 Å². The van der Waals surface area contributed by atoms with E-state index in [2.05, 4.69) is 43.1 Å². The molecule has 0 saturated heterocycles. The van der Waals surface area contributed by atoms with Gasteiger partial charge in [0.25, 0.3) is 0 Å². The summed E-state index contributed by atoms with van der Waals surface area (Å²) < 4.78 is 47.3. The van der Waals surface area contributed by atoms with Crippen molar-refractivity contribution in [3.8, 4) is 0 Å². The van der Waals surface area contributed by atoms with E-state index in [4.69, 9.17) is 18.1 Å². The summed E-state index contributed by atoms with van der Waals surface area (Å²) in [6, 6.07) is 0. The van der Waals surface area contributed by atoms with Crippen molar-refractivity contribution in [1.29, 1.82) is 0 Å². The second-order valence-electron chi connectivity index (χ2n) is 6.76. The molecule has 0 aliphatic rings. The van der Waals surface area contributed by atoms with E-state index in [0.717, 1.165) is 0 Å². The van der Waals surface area contributed by atoms with Crippen LogP contribution in [0.2, 0.25) is 4.94 Å². The van der Waals surface area contributed by atoms with Crippen LogP contribution < -0.4 is 0 Å². The zero-order valence-corrected chi connectivity index (χ0v) is 26.4. The molecule has 0 bridgehead atoms. The Morgan fingerprint density at radius 3 is 0.923 bits per heavy atom. The molecule has 0 spiro atoms. The van der Waals surface area contributed by atoms with Crippen LogP contribution in [0.25, 0.3) is 0 Å². The molecule has 0 fully saturated rings. The zero-order chi connectivity index (χ0) is 21.3. The zero-order valence-electron chi connectivity index (χ0n) is 17.0. The molecule has 160 valence electrons. The minimum absolute atomic E-state index is 0.318. The molecule has 0 N–H and O–H groups in total. The van der Waals surface area contributed by atoms with Gasteiger partial charge in [-0.2, -0.15) is 0 Å². The first-order valence-electron chi connectivity index (χ1n) is 8.36. The summed E-state index contributed by atoms with van der Waals surface area (Å²) in [5, 5.41) is 0. The van der Waals surface area contributed by atoms with Crippen LogP contribution in [0.1, 0.15) is 55.4 Å². The van der Waals surface area contributed by atoms with Crippen molar-refractivity contribution in [1.82, 2.24) is 0 Å². The SMILES string of the molecule is CC(C)OP(=O)(CP(=O)(OC(C)C)OC(C)C)OC(C)C.[CH3][Sn]([Br])([Br])[Br]. The normalized spacial score (nSPS) is 13.5. The first-order chi connectivity index (χ1) is 11.4. The predicted molar refractivity (Wildman–Crippen MR) is 123 cm³/mol. The molecule has 0 rings (SSSR count). The van der Waals surface area contributed by atoms with Crippen molar-refractivity contribution in [3.05, 3.63) is 0 Å². The maximum absolute atomic E-state index is 12.8. The van der Waals surface area contributed by atoms with E-state index >= 15 is 0 Å². The van der Waals surface area contributed by atoms with Gasteiger partial charge in [0, 0.05) is 0 Å². The van der Waals surface area contributed by atoms with Crippen LogP contribution in [-0.4, -0.2) is 42.0 Å². The Hall–Kier alpha value is 2.54. The van der Waals surface area contributed by atoms with Gasteiger partial charge in [-0.05, 0) is 55.4 Å². The Morgan fingerprint density at radius 1 is 0.654 bits per heavy atom. The summed E-state index contributed by atoms with van der Waals surface area (Å²) in [4.78, 5) is 2.15. The summed E-state index contributed by atoms with van der Waals surface area (Å²) in [7, 11) is -7.16. The quantitative estimate of drug-likeness (QED) is 0.170. The van der Waals surface area contributed by atoms with Crippen LogP contribution in [0.3, 0.4) is 0 Å². The number of hydrogen-bond acceptors (Lipinski definition) is 6. The molecule has 0 aromatic rings. The van der Waals surface area contributed by atoms with Gasteiger partial charge >= 0.3 is 70.0 Å². The maximum atomic E-state index is 12.8. The van der Waals surface area contributed by atoms with E-state index in [1.807, 2.05) is 0 Å². The van der Waals surface area contributed by atoms with Crippen molar-refractivity contribution < 1.29 is 27.2 Å². The van der Waals surface area contributed by atoms with Crippen LogP contribution in [0.5, 0.6) is 0 Å². The summed E-state index contributed by atoms with van der Waals surface area (Å²) in [6.45, 7) is 14.0. The molecule has 12 heteroatoms. The molecular weight excluding hydrogens is 685 g/mol. The summed E-state index contributed by atoms with van der Waals surface area (Å²) in [5.74, 6) is -0.382. The summed E-state index contributed by atoms with van der Waals surface area (Å²) >= 11 is 8.51. The van der Waals surface area contributed by atoms with Gasteiger partial charge in [-0.3, -0.25) is 9.13 Å². The third-order valence-corrected chi connectivity index (χ3v) is 7.57. The molecule has 0 atom stereocenters. The third kappa shape index (κ3) is 21.3. The molecular formula is C14H33Br3O6P2Sn. The van der Waals surface area contributed by atoms with E-state index in [9.17, 15) is 9.13 Å². The molecule has 0 aromatic heterocycles. The van der Waals surface area contributed by atoms with Gasteiger partial charge in [0.2, 0.25) is 0 Å². The number of halogens is 3. The van der Waals surface area contributed by atoms with Crippen molar-refractivity contribution in [2.24, 2.45) is 0 Å². The Labute approximate surface area is 181 Å². The van der Waals surface area contributed by atoms with Gasteiger partial charge in [-0.1, -0.05) is 0 Å². The second-order valence-corrected chi connectivity index (χ2v) is 69.0. The molecule has 6 nitrogen and oxygen atoms in total. The van der Waals surface area contributed by atoms with Gasteiger partial charge in [-0.25, -0.2) is 0 Å². The Bertz CT molecular complexity index is 414. The molecule has 0 aliphatic carbocycles. The molecule has 0 heterocycles. The Balaban J connectivity index is 0. The number of hydrogen-bond donors (Lipinski definition) is 0. The first kappa shape index (κ1) is 30.7. The molecule has 0 aliphatic heterocycles. The molecule has 0 saturated carbocycles. The van der Waals surface area contributed by atoms with Crippen LogP contribution in [-0.2, 0) is 27.2 Å². The molecule has 0 amide bonds. The molecule has 26 heavy (non-hydrogen) atoms. The topological polar surface area (TPSA) is 71.1 Å². The average Bonchev–Trinajstić information content (AvgIpc) is 2.17. The van der Waals surface area contributed by atoms with Crippen LogP contribution in [0.15, 0.2) is 0 Å². The van der Waals surface area contributed by atoms with Crippen LogP contribution in [0, 0.1) is 0 Å². The minimum atomic E-state index is -3.58. The molecule has 0 unspecified atom stereocenters. The predicted octanol–water partition coefficient (Wildman–Crippen LogP) is 7.77. The van der Waals surface area contributed by atoms with Crippen LogP contribution in [0.4, 0.5) is 0 Å². The van der Waals surface area contributed by atoms with Gasteiger partial charge in [-0.15, -0.1) is 0 Å². The van der Waals surface area contributed by atoms with Crippen molar-refractivity contribution in [2.75, 3.05) is 5.90 Å². The van der Waals surface area contributed by atoms with Crippen molar-refractivity contribution >= 4 is 65.0 Å². The van der Waals surface area contributed by atoms with Crippen molar-refractivity contribution in [3.63, 3.8) is 0 Å². The summed E-state index contributed by atoms with van der Waals surface area (Å²) in [6.07, 6.45) is -1.27. The molecule has 0 radical (unpaired) electrons. The first-order valence-corrected chi connectivity index (χ1v) is 33.9. The van der Waals surface area contributed by atoms with E-state index in [0.29, 0.717) is 0 Å². The monoisotopic (exact) mass is 716 g/mol. The van der Waals surface area contributed by atoms with Gasteiger partial charge in [0.05, 0.1) is 24.4 Å². The van der Waals surface area contributed by atoms with E-state index in [1.165, 1.54) is 0 Å². The fourth-order valence-corrected chi connectivity index (χ4v) is 7.11. The second kappa shape index (κ2) is 13.8. The fraction of sp³-hybridized carbons (Fsp3) is 1.00. The van der Waals surface area contributed by atoms with Gasteiger partial charge in [0.15, 0.2) is 5.90 Å². The van der Waals surface area contributed by atoms with E-state index in [1.54, 1.807) is 55.4 Å². The standard InChI is InChI=1S/C13H30O6P2.CH3.3BrH.Sn/c1-10(2)16-20(14,17-11(3)4)9-21(15,18-12(5)6)19-13(7)8;;;;;/h10-13H,9H2,1-8H3;1H3;3*1H;/q;;;;;+3/p-3. The molecule has 0 aromatic carbocycles. The Kier molecular flexibility index (Phi) is 16.3. The van der Waals surface area contributed by atoms with E-state index in [-0.39, 0.29) is 30.3 Å². The average molecular weight is 718 g/mol. The summed E-state index contributed by atoms with van der Waals surface area (Å²) in [5.41, 5.74) is 0. The van der Waals surface area contributed by atoms with Gasteiger partial charge < -0.3 is 18.1 Å². The van der Waals surface area contributed by atoms with Gasteiger partial charge in [0.1, 0.15) is 0 Å². The fourth-order valence-electron chi connectivity index (χ4n) is 1.68. The Morgan fingerprint density at radius 2 is 0.808 bits per heavy atom. The third-order valence-electron chi connectivity index (χ3n) is 1.83. The number of rotatable bonds is 10. The van der Waals surface area contributed by atoms with Crippen LogP contribution >= 0.6 is 53.3 Å². The van der Waals surface area contributed by atoms with E-state index < -0.39 is 26.9 Å².